The molecule has 2 fully saturated rings. The summed E-state index contributed by atoms with van der Waals surface area (Å²) in [6.07, 6.45) is 1.82. The quantitative estimate of drug-likeness (QED) is 0.764. The van der Waals surface area contributed by atoms with Crippen LogP contribution in [0.3, 0.4) is 0 Å². The lowest BCUT2D eigenvalue weighted by Crippen LogP contribution is -2.49. The highest BCUT2D eigenvalue weighted by molar-refractivity contribution is 5.84. The Morgan fingerprint density at radius 3 is 2.39 bits per heavy atom. The van der Waals surface area contributed by atoms with Crippen molar-refractivity contribution >= 4 is 11.8 Å². The Morgan fingerprint density at radius 1 is 1.22 bits per heavy atom. The van der Waals surface area contributed by atoms with Gasteiger partial charge in [-0.2, -0.15) is 0 Å². The van der Waals surface area contributed by atoms with Gasteiger partial charge in [0.25, 0.3) is 0 Å². The van der Waals surface area contributed by atoms with Gasteiger partial charge in [-0.25, -0.2) is 0 Å². The van der Waals surface area contributed by atoms with Gasteiger partial charge in [-0.05, 0) is 0 Å². The number of nitrogens with one attached hydrogen (secondary N) is 1. The number of rotatable bonds is 3. The maximum Gasteiger partial charge on any atom is 0.241 e. The molecular weight excluding hydrogens is 236 g/mol. The fourth-order valence-electron chi connectivity index (χ4n) is 2.29. The van der Waals surface area contributed by atoms with E-state index in [1.807, 2.05) is 0 Å². The minimum atomic E-state index is -0.455. The van der Waals surface area contributed by atoms with Crippen LogP contribution in [0.15, 0.2) is 0 Å². The fourth-order valence-corrected chi connectivity index (χ4v) is 2.29. The molecule has 0 bridgehead atoms. The SMILES string of the molecule is CCC(=O)NCC(=O)N1CCC2(CC1)OCCO2. The van der Waals surface area contributed by atoms with E-state index in [0.29, 0.717) is 45.6 Å². The maximum atomic E-state index is 11.9. The Bertz CT molecular complexity index is 316. The van der Waals surface area contributed by atoms with Crippen molar-refractivity contribution in [2.24, 2.45) is 0 Å². The second-order valence-electron chi connectivity index (χ2n) is 4.62. The third kappa shape index (κ3) is 3.00. The van der Waals surface area contributed by atoms with Crippen molar-refractivity contribution in [2.75, 3.05) is 32.8 Å². The summed E-state index contributed by atoms with van der Waals surface area (Å²) in [7, 11) is 0. The molecule has 1 spiro atoms. The summed E-state index contributed by atoms with van der Waals surface area (Å²) in [5.41, 5.74) is 0. The molecule has 0 saturated carbocycles. The molecule has 18 heavy (non-hydrogen) atoms. The van der Waals surface area contributed by atoms with E-state index in [0.717, 1.165) is 0 Å². The zero-order valence-electron chi connectivity index (χ0n) is 10.7. The normalized spacial score (nSPS) is 22.2. The van der Waals surface area contributed by atoms with Crippen LogP contribution >= 0.6 is 0 Å². The third-order valence-corrected chi connectivity index (χ3v) is 3.45. The van der Waals surface area contributed by atoms with Crippen LogP contribution in [0, 0.1) is 0 Å². The molecule has 2 saturated heterocycles. The zero-order valence-corrected chi connectivity index (χ0v) is 10.7. The Labute approximate surface area is 107 Å². The van der Waals surface area contributed by atoms with E-state index < -0.39 is 5.79 Å². The van der Waals surface area contributed by atoms with Crippen LogP contribution in [0.25, 0.3) is 0 Å². The molecule has 0 aliphatic carbocycles. The van der Waals surface area contributed by atoms with E-state index in [4.69, 9.17) is 9.47 Å². The number of carbonyl (C=O) groups is 2. The van der Waals surface area contributed by atoms with Crippen molar-refractivity contribution < 1.29 is 19.1 Å². The van der Waals surface area contributed by atoms with Gasteiger partial charge in [-0.1, -0.05) is 6.92 Å². The monoisotopic (exact) mass is 256 g/mol. The number of hydrogen-bond donors (Lipinski definition) is 1. The van der Waals surface area contributed by atoms with Crippen LogP contribution in [0.5, 0.6) is 0 Å². The molecular formula is C12H20N2O4. The maximum absolute atomic E-state index is 11.9. The number of nitrogens with zero attached hydrogens (tertiary/aromatic N) is 1. The van der Waals surface area contributed by atoms with E-state index in [-0.39, 0.29) is 18.4 Å². The Morgan fingerprint density at radius 2 is 1.83 bits per heavy atom. The van der Waals surface area contributed by atoms with Gasteiger partial charge in [-0.15, -0.1) is 0 Å². The predicted molar refractivity (Wildman–Crippen MR) is 63.7 cm³/mol. The van der Waals surface area contributed by atoms with Crippen LogP contribution < -0.4 is 5.32 Å². The van der Waals surface area contributed by atoms with E-state index in [9.17, 15) is 9.59 Å². The summed E-state index contributed by atoms with van der Waals surface area (Å²) in [6.45, 7) is 4.38. The zero-order chi connectivity index (χ0) is 13.0. The van der Waals surface area contributed by atoms with Crippen molar-refractivity contribution in [3.8, 4) is 0 Å². The summed E-state index contributed by atoms with van der Waals surface area (Å²) in [5, 5.41) is 2.60. The number of likely N-dealkylation sites (tertiary alicyclic amines) is 1. The minimum absolute atomic E-state index is 0.0374. The lowest BCUT2D eigenvalue weighted by atomic mass is 10.0. The lowest BCUT2D eigenvalue weighted by molar-refractivity contribution is -0.187. The predicted octanol–water partition coefficient (Wildman–Crippen LogP) is -0.122. The lowest BCUT2D eigenvalue weighted by Gasteiger charge is -2.37. The van der Waals surface area contributed by atoms with Gasteiger partial charge < -0.3 is 19.7 Å². The average molecular weight is 256 g/mol. The fraction of sp³-hybridized carbons (Fsp3) is 0.833. The summed E-state index contributed by atoms with van der Waals surface area (Å²) in [6, 6.07) is 0. The molecule has 2 heterocycles. The molecule has 0 unspecified atom stereocenters. The smallest absolute Gasteiger partial charge is 0.241 e. The summed E-state index contributed by atoms with van der Waals surface area (Å²) >= 11 is 0. The molecule has 2 rings (SSSR count). The molecule has 0 aromatic rings. The van der Waals surface area contributed by atoms with Crippen molar-refractivity contribution in [3.63, 3.8) is 0 Å². The summed E-state index contributed by atoms with van der Waals surface area (Å²) in [5.74, 6) is -0.590. The number of ether oxygens (including phenoxy) is 2. The number of piperidine rings is 1. The van der Waals surface area contributed by atoms with Crippen molar-refractivity contribution in [3.05, 3.63) is 0 Å². The second-order valence-corrected chi connectivity index (χ2v) is 4.62. The first-order chi connectivity index (χ1) is 8.65. The van der Waals surface area contributed by atoms with Gasteiger partial charge in [0.05, 0.1) is 19.8 Å². The van der Waals surface area contributed by atoms with Crippen LogP contribution in [-0.2, 0) is 19.1 Å². The standard InChI is InChI=1S/C12H20N2O4/c1-2-10(15)13-9-11(16)14-5-3-12(4-6-14)17-7-8-18-12/h2-9H2,1H3,(H,13,15). The van der Waals surface area contributed by atoms with Gasteiger partial charge in [0.15, 0.2) is 5.79 Å². The number of hydrogen-bond acceptors (Lipinski definition) is 4. The third-order valence-electron chi connectivity index (χ3n) is 3.45. The highest BCUT2D eigenvalue weighted by Crippen LogP contribution is 2.31. The molecule has 0 radical (unpaired) electrons. The Balaban J connectivity index is 1.75. The van der Waals surface area contributed by atoms with Gasteiger partial charge in [0.1, 0.15) is 0 Å². The number of amides is 2. The first-order valence-corrected chi connectivity index (χ1v) is 6.47. The highest BCUT2D eigenvalue weighted by Gasteiger charge is 2.40. The van der Waals surface area contributed by atoms with Crippen molar-refractivity contribution in [1.29, 1.82) is 0 Å². The van der Waals surface area contributed by atoms with Gasteiger partial charge in [-0.3, -0.25) is 9.59 Å². The van der Waals surface area contributed by atoms with Crippen molar-refractivity contribution in [1.82, 2.24) is 10.2 Å². The van der Waals surface area contributed by atoms with Crippen LogP contribution in [0.2, 0.25) is 0 Å². The first kappa shape index (κ1) is 13.3. The van der Waals surface area contributed by atoms with Crippen LogP contribution in [-0.4, -0.2) is 55.3 Å². The molecule has 0 atom stereocenters. The molecule has 6 heteroatoms. The highest BCUT2D eigenvalue weighted by atomic mass is 16.7. The van der Waals surface area contributed by atoms with E-state index in [1.165, 1.54) is 0 Å². The summed E-state index contributed by atoms with van der Waals surface area (Å²) < 4.78 is 11.2. The topological polar surface area (TPSA) is 67.9 Å². The van der Waals surface area contributed by atoms with E-state index in [1.54, 1.807) is 11.8 Å². The largest absolute Gasteiger partial charge is 0.347 e. The molecule has 2 amide bonds. The molecule has 2 aliphatic rings. The molecule has 102 valence electrons. The van der Waals surface area contributed by atoms with Crippen LogP contribution in [0.1, 0.15) is 26.2 Å². The van der Waals surface area contributed by atoms with Gasteiger partial charge >= 0.3 is 0 Å². The molecule has 6 nitrogen and oxygen atoms in total. The van der Waals surface area contributed by atoms with E-state index in [2.05, 4.69) is 5.32 Å². The van der Waals surface area contributed by atoms with Gasteiger partial charge in [0, 0.05) is 32.4 Å². The molecule has 2 aliphatic heterocycles. The average Bonchev–Trinajstić information content (AvgIpc) is 2.84. The molecule has 0 aromatic heterocycles. The van der Waals surface area contributed by atoms with Gasteiger partial charge in [0.2, 0.25) is 11.8 Å². The number of carbonyl (C=O) groups excluding carboxylic acids is 2. The summed E-state index contributed by atoms with van der Waals surface area (Å²) in [4.78, 5) is 24.7. The second kappa shape index (κ2) is 5.67. The first-order valence-electron chi connectivity index (χ1n) is 6.47. The Hall–Kier alpha value is -1.14. The Kier molecular flexibility index (Phi) is 4.19. The van der Waals surface area contributed by atoms with E-state index >= 15 is 0 Å². The minimum Gasteiger partial charge on any atom is -0.347 e. The molecule has 0 aromatic carbocycles. The van der Waals surface area contributed by atoms with Crippen LogP contribution in [0.4, 0.5) is 0 Å². The van der Waals surface area contributed by atoms with Crippen molar-refractivity contribution in [2.45, 2.75) is 32.0 Å². The molecule has 1 N–H and O–H groups in total.